The van der Waals surface area contributed by atoms with Crippen molar-refractivity contribution in [2.24, 2.45) is 7.05 Å². The molecule has 0 aliphatic heterocycles. The Kier molecular flexibility index (Phi) is 4.00. The van der Waals surface area contributed by atoms with Crippen molar-refractivity contribution in [3.8, 4) is 0 Å². The van der Waals surface area contributed by atoms with E-state index in [2.05, 4.69) is 41.6 Å². The fraction of sp³-hybridized carbons (Fsp3) is 0.333. The number of rotatable bonds is 4. The van der Waals surface area contributed by atoms with E-state index in [-0.39, 0.29) is 5.91 Å². The van der Waals surface area contributed by atoms with Crippen LogP contribution in [0.2, 0.25) is 0 Å². The van der Waals surface area contributed by atoms with Gasteiger partial charge in [-0.2, -0.15) is 5.10 Å². The smallest absolute Gasteiger partial charge is 0.225 e. The molecule has 1 N–H and O–H groups in total. The van der Waals surface area contributed by atoms with Crippen LogP contribution >= 0.6 is 0 Å². The molecule has 0 spiro atoms. The molecule has 0 radical (unpaired) electrons. The van der Waals surface area contributed by atoms with Crippen LogP contribution in [0, 0.1) is 13.8 Å². The molecule has 1 heterocycles. The van der Waals surface area contributed by atoms with Crippen LogP contribution in [-0.2, 0) is 18.3 Å². The van der Waals surface area contributed by atoms with E-state index < -0.39 is 0 Å². The van der Waals surface area contributed by atoms with Crippen molar-refractivity contribution in [2.75, 3.05) is 5.32 Å². The van der Waals surface area contributed by atoms with E-state index >= 15 is 0 Å². The van der Waals surface area contributed by atoms with Crippen molar-refractivity contribution in [3.05, 3.63) is 47.2 Å². The van der Waals surface area contributed by atoms with Crippen LogP contribution < -0.4 is 5.32 Å². The molecule has 0 aliphatic carbocycles. The standard InChI is InChI=1S/C15H19N3O/c1-11-4-6-13(7-5-11)8-9-15(19)16-14-10-12(2)17-18(14)3/h4-7,10H,8-9H2,1-3H3,(H,16,19). The molecule has 0 aliphatic rings. The van der Waals surface area contributed by atoms with Gasteiger partial charge in [0.05, 0.1) is 5.69 Å². The summed E-state index contributed by atoms with van der Waals surface area (Å²) in [5, 5.41) is 7.07. The molecule has 0 unspecified atom stereocenters. The van der Waals surface area contributed by atoms with Crippen LogP contribution in [0.1, 0.15) is 23.2 Å². The molecule has 0 saturated heterocycles. The number of nitrogens with one attached hydrogen (secondary N) is 1. The number of hydrogen-bond donors (Lipinski definition) is 1. The van der Waals surface area contributed by atoms with Crippen LogP contribution in [-0.4, -0.2) is 15.7 Å². The zero-order chi connectivity index (χ0) is 13.8. The SMILES string of the molecule is Cc1ccc(CCC(=O)Nc2cc(C)nn2C)cc1. The molecule has 2 rings (SSSR count). The van der Waals surface area contributed by atoms with E-state index in [1.54, 1.807) is 4.68 Å². The van der Waals surface area contributed by atoms with Crippen LogP contribution in [0.3, 0.4) is 0 Å². The molecule has 0 saturated carbocycles. The summed E-state index contributed by atoms with van der Waals surface area (Å²) in [7, 11) is 1.82. The lowest BCUT2D eigenvalue weighted by atomic mass is 10.1. The lowest BCUT2D eigenvalue weighted by molar-refractivity contribution is -0.116. The number of nitrogens with zero attached hydrogens (tertiary/aromatic N) is 2. The van der Waals surface area contributed by atoms with Gasteiger partial charge in [0.25, 0.3) is 0 Å². The normalized spacial score (nSPS) is 10.5. The first kappa shape index (κ1) is 13.3. The van der Waals surface area contributed by atoms with Crippen LogP contribution in [0.25, 0.3) is 0 Å². The first-order valence-electron chi connectivity index (χ1n) is 6.40. The molecule has 1 aromatic heterocycles. The molecular formula is C15H19N3O. The molecule has 4 heteroatoms. The van der Waals surface area contributed by atoms with Gasteiger partial charge in [0, 0.05) is 19.5 Å². The summed E-state index contributed by atoms with van der Waals surface area (Å²) >= 11 is 0. The number of carbonyl (C=O) groups excluding carboxylic acids is 1. The Labute approximate surface area is 113 Å². The second-order valence-electron chi connectivity index (χ2n) is 4.83. The third-order valence-electron chi connectivity index (χ3n) is 3.03. The van der Waals surface area contributed by atoms with Gasteiger partial charge in [-0.05, 0) is 25.8 Å². The maximum atomic E-state index is 11.9. The molecule has 1 aromatic carbocycles. The predicted molar refractivity (Wildman–Crippen MR) is 76.1 cm³/mol. The van der Waals surface area contributed by atoms with Crippen LogP contribution in [0.4, 0.5) is 5.82 Å². The largest absolute Gasteiger partial charge is 0.311 e. The molecule has 2 aromatic rings. The van der Waals surface area contributed by atoms with Crippen molar-refractivity contribution >= 4 is 11.7 Å². The Morgan fingerprint density at radius 2 is 1.95 bits per heavy atom. The molecule has 100 valence electrons. The summed E-state index contributed by atoms with van der Waals surface area (Å²) in [4.78, 5) is 11.9. The maximum absolute atomic E-state index is 11.9. The fourth-order valence-electron chi connectivity index (χ4n) is 1.95. The van der Waals surface area contributed by atoms with Gasteiger partial charge in [-0.25, -0.2) is 0 Å². The van der Waals surface area contributed by atoms with Gasteiger partial charge in [-0.3, -0.25) is 9.48 Å². The molecule has 0 fully saturated rings. The number of aromatic nitrogens is 2. The fourth-order valence-corrected chi connectivity index (χ4v) is 1.95. The topological polar surface area (TPSA) is 46.9 Å². The second-order valence-corrected chi connectivity index (χ2v) is 4.83. The predicted octanol–water partition coefficient (Wildman–Crippen LogP) is 2.61. The number of amides is 1. The molecule has 4 nitrogen and oxygen atoms in total. The minimum absolute atomic E-state index is 0.0172. The summed E-state index contributed by atoms with van der Waals surface area (Å²) in [6.45, 7) is 3.96. The highest BCUT2D eigenvalue weighted by Crippen LogP contribution is 2.10. The van der Waals surface area contributed by atoms with Crippen LogP contribution in [0.5, 0.6) is 0 Å². The van der Waals surface area contributed by atoms with Crippen molar-refractivity contribution < 1.29 is 4.79 Å². The van der Waals surface area contributed by atoms with E-state index in [9.17, 15) is 4.79 Å². The number of carbonyl (C=O) groups is 1. The lowest BCUT2D eigenvalue weighted by Gasteiger charge is -2.05. The van der Waals surface area contributed by atoms with Crippen molar-refractivity contribution in [2.45, 2.75) is 26.7 Å². The van der Waals surface area contributed by atoms with E-state index in [1.807, 2.05) is 20.0 Å². The Hall–Kier alpha value is -2.10. The van der Waals surface area contributed by atoms with Crippen molar-refractivity contribution in [1.29, 1.82) is 0 Å². The molecule has 1 amide bonds. The Morgan fingerprint density at radius 1 is 1.26 bits per heavy atom. The van der Waals surface area contributed by atoms with Gasteiger partial charge in [-0.15, -0.1) is 0 Å². The summed E-state index contributed by atoms with van der Waals surface area (Å²) < 4.78 is 1.68. The highest BCUT2D eigenvalue weighted by molar-refractivity contribution is 5.90. The van der Waals surface area contributed by atoms with Crippen molar-refractivity contribution in [1.82, 2.24) is 9.78 Å². The minimum atomic E-state index is 0.0172. The minimum Gasteiger partial charge on any atom is -0.311 e. The van der Waals surface area contributed by atoms with Crippen LogP contribution in [0.15, 0.2) is 30.3 Å². The van der Waals surface area contributed by atoms with E-state index in [1.165, 1.54) is 11.1 Å². The first-order chi connectivity index (χ1) is 9.04. The average Bonchev–Trinajstić information content (AvgIpc) is 2.67. The zero-order valence-corrected chi connectivity index (χ0v) is 11.6. The number of aryl methyl sites for hydroxylation is 4. The quantitative estimate of drug-likeness (QED) is 0.915. The molecule has 0 bridgehead atoms. The number of anilines is 1. The van der Waals surface area contributed by atoms with E-state index in [0.717, 1.165) is 17.9 Å². The lowest BCUT2D eigenvalue weighted by Crippen LogP contribution is -2.14. The van der Waals surface area contributed by atoms with Gasteiger partial charge >= 0.3 is 0 Å². The number of hydrogen-bond acceptors (Lipinski definition) is 2. The molecular weight excluding hydrogens is 238 g/mol. The Bertz CT molecular complexity index is 570. The highest BCUT2D eigenvalue weighted by Gasteiger charge is 2.07. The third kappa shape index (κ3) is 3.68. The van der Waals surface area contributed by atoms with Gasteiger partial charge in [0.2, 0.25) is 5.91 Å². The highest BCUT2D eigenvalue weighted by atomic mass is 16.1. The maximum Gasteiger partial charge on any atom is 0.225 e. The monoisotopic (exact) mass is 257 g/mol. The second kappa shape index (κ2) is 5.69. The summed E-state index contributed by atoms with van der Waals surface area (Å²) in [6.07, 6.45) is 1.23. The van der Waals surface area contributed by atoms with E-state index in [4.69, 9.17) is 0 Å². The van der Waals surface area contributed by atoms with Gasteiger partial charge in [-0.1, -0.05) is 29.8 Å². The van der Waals surface area contributed by atoms with Gasteiger partial charge in [0.15, 0.2) is 0 Å². The Balaban J connectivity index is 1.88. The van der Waals surface area contributed by atoms with E-state index in [0.29, 0.717) is 6.42 Å². The van der Waals surface area contributed by atoms with Gasteiger partial charge in [0.1, 0.15) is 5.82 Å². The summed E-state index contributed by atoms with van der Waals surface area (Å²) in [5.74, 6) is 0.759. The Morgan fingerprint density at radius 3 is 2.53 bits per heavy atom. The zero-order valence-electron chi connectivity index (χ0n) is 11.6. The third-order valence-corrected chi connectivity index (χ3v) is 3.03. The van der Waals surface area contributed by atoms with Gasteiger partial charge < -0.3 is 5.32 Å². The number of benzene rings is 1. The summed E-state index contributed by atoms with van der Waals surface area (Å²) in [5.41, 5.74) is 3.32. The summed E-state index contributed by atoms with van der Waals surface area (Å²) in [6, 6.07) is 10.1. The first-order valence-corrected chi connectivity index (χ1v) is 6.40. The molecule has 19 heavy (non-hydrogen) atoms. The molecule has 0 atom stereocenters. The van der Waals surface area contributed by atoms with Crippen molar-refractivity contribution in [3.63, 3.8) is 0 Å². The average molecular weight is 257 g/mol.